The maximum Gasteiger partial charge on any atom is 0.314 e. The highest BCUT2D eigenvalue weighted by Gasteiger charge is 2.41. The molecule has 0 aromatic rings. The van der Waals surface area contributed by atoms with Crippen LogP contribution in [0.3, 0.4) is 0 Å². The Morgan fingerprint density at radius 2 is 1.83 bits per heavy atom. The number of rotatable bonds is 5. The van der Waals surface area contributed by atoms with Crippen LogP contribution in [0.1, 0.15) is 53.4 Å². The van der Waals surface area contributed by atoms with E-state index in [4.69, 9.17) is 0 Å². The van der Waals surface area contributed by atoms with E-state index in [9.17, 15) is 14.7 Å². The smallest absolute Gasteiger partial charge is 0.314 e. The molecule has 3 nitrogen and oxygen atoms in total. The van der Waals surface area contributed by atoms with Gasteiger partial charge in [0.25, 0.3) is 0 Å². The fourth-order valence-electron chi connectivity index (χ4n) is 3.44. The number of carbonyl (C=O) groups is 2. The maximum absolute atomic E-state index is 11.9. The van der Waals surface area contributed by atoms with Crippen LogP contribution in [0.2, 0.25) is 0 Å². The van der Waals surface area contributed by atoms with Crippen LogP contribution >= 0.6 is 0 Å². The molecule has 1 N–H and O–H groups in total. The lowest BCUT2D eigenvalue weighted by Crippen LogP contribution is -2.40. The second kappa shape index (κ2) is 6.35. The molecule has 1 saturated carbocycles. The van der Waals surface area contributed by atoms with Crippen molar-refractivity contribution in [2.45, 2.75) is 53.4 Å². The molecule has 0 radical (unpaired) electrons. The van der Waals surface area contributed by atoms with Gasteiger partial charge in [0.15, 0.2) is 0 Å². The summed E-state index contributed by atoms with van der Waals surface area (Å²) in [6, 6.07) is 0. The van der Waals surface area contributed by atoms with E-state index in [0.29, 0.717) is 24.2 Å². The van der Waals surface area contributed by atoms with Crippen LogP contribution in [-0.4, -0.2) is 16.9 Å². The van der Waals surface area contributed by atoms with Crippen LogP contribution in [0.5, 0.6) is 0 Å². The van der Waals surface area contributed by atoms with Crippen LogP contribution in [0, 0.1) is 29.6 Å². The van der Waals surface area contributed by atoms with E-state index in [0.717, 1.165) is 19.3 Å². The zero-order chi connectivity index (χ0) is 13.9. The number of hydrogen-bond donors (Lipinski definition) is 1. The zero-order valence-electron chi connectivity index (χ0n) is 12.0. The van der Waals surface area contributed by atoms with Crippen molar-refractivity contribution in [1.82, 2.24) is 0 Å². The van der Waals surface area contributed by atoms with E-state index in [1.54, 1.807) is 6.92 Å². The molecule has 3 heteroatoms. The Morgan fingerprint density at radius 3 is 2.28 bits per heavy atom. The van der Waals surface area contributed by atoms with Gasteiger partial charge in [0.1, 0.15) is 11.7 Å². The minimum atomic E-state index is -0.924. The SMILES string of the molecule is CCC(=O)C(C(=O)O)C1CC(C)CCC1C(C)C. The Bertz CT molecular complexity index is 309. The van der Waals surface area contributed by atoms with E-state index in [-0.39, 0.29) is 11.7 Å². The Labute approximate surface area is 110 Å². The Morgan fingerprint density at radius 1 is 1.22 bits per heavy atom. The number of aliphatic carboxylic acids is 1. The van der Waals surface area contributed by atoms with Gasteiger partial charge in [0, 0.05) is 6.42 Å². The zero-order valence-corrected chi connectivity index (χ0v) is 12.0. The quantitative estimate of drug-likeness (QED) is 0.765. The summed E-state index contributed by atoms with van der Waals surface area (Å²) in [5, 5.41) is 9.39. The highest BCUT2D eigenvalue weighted by atomic mass is 16.4. The molecule has 1 fully saturated rings. The second-order valence-corrected chi connectivity index (χ2v) is 6.13. The number of Topliss-reactive ketones (excluding diaryl/α,β-unsaturated/α-hetero) is 1. The third kappa shape index (κ3) is 3.33. The number of carboxylic acid groups (broad SMARTS) is 1. The summed E-state index contributed by atoms with van der Waals surface area (Å²) in [5.41, 5.74) is 0. The molecular weight excluding hydrogens is 228 g/mol. The van der Waals surface area contributed by atoms with Crippen LogP contribution in [0.25, 0.3) is 0 Å². The molecule has 4 atom stereocenters. The van der Waals surface area contributed by atoms with Crippen LogP contribution in [0.15, 0.2) is 0 Å². The van der Waals surface area contributed by atoms with Crippen LogP contribution in [-0.2, 0) is 9.59 Å². The van der Waals surface area contributed by atoms with Crippen molar-refractivity contribution in [3.63, 3.8) is 0 Å². The summed E-state index contributed by atoms with van der Waals surface area (Å²) in [6.07, 6.45) is 3.43. The summed E-state index contributed by atoms with van der Waals surface area (Å²) in [7, 11) is 0. The molecular formula is C15H26O3. The van der Waals surface area contributed by atoms with E-state index in [1.165, 1.54) is 0 Å². The van der Waals surface area contributed by atoms with Crippen molar-refractivity contribution in [2.75, 3.05) is 0 Å². The molecule has 4 unspecified atom stereocenters. The van der Waals surface area contributed by atoms with Crippen molar-refractivity contribution < 1.29 is 14.7 Å². The topological polar surface area (TPSA) is 54.4 Å². The van der Waals surface area contributed by atoms with Gasteiger partial charge in [-0.1, -0.05) is 34.1 Å². The fraction of sp³-hybridized carbons (Fsp3) is 0.867. The molecule has 0 aliphatic heterocycles. The molecule has 1 rings (SSSR count). The average Bonchev–Trinajstić information content (AvgIpc) is 2.28. The third-order valence-corrected chi connectivity index (χ3v) is 4.46. The standard InChI is InChI=1S/C15H26O3/c1-5-13(16)14(15(17)18)12-8-10(4)6-7-11(12)9(2)3/h9-12,14H,5-8H2,1-4H3,(H,17,18). The van der Waals surface area contributed by atoms with E-state index < -0.39 is 11.9 Å². The van der Waals surface area contributed by atoms with E-state index in [1.807, 2.05) is 0 Å². The van der Waals surface area contributed by atoms with Gasteiger partial charge in [0.05, 0.1) is 0 Å². The number of hydrogen-bond acceptors (Lipinski definition) is 2. The molecule has 1 aliphatic carbocycles. The number of carbonyl (C=O) groups excluding carboxylic acids is 1. The number of ketones is 1. The average molecular weight is 254 g/mol. The van der Waals surface area contributed by atoms with Gasteiger partial charge in [-0.15, -0.1) is 0 Å². The van der Waals surface area contributed by atoms with Crippen molar-refractivity contribution in [1.29, 1.82) is 0 Å². The first-order valence-electron chi connectivity index (χ1n) is 7.13. The van der Waals surface area contributed by atoms with Gasteiger partial charge in [-0.25, -0.2) is 0 Å². The van der Waals surface area contributed by atoms with E-state index in [2.05, 4.69) is 20.8 Å². The van der Waals surface area contributed by atoms with Gasteiger partial charge in [-0.3, -0.25) is 9.59 Å². The van der Waals surface area contributed by atoms with Crippen LogP contribution < -0.4 is 0 Å². The molecule has 104 valence electrons. The lowest BCUT2D eigenvalue weighted by atomic mass is 9.64. The summed E-state index contributed by atoms with van der Waals surface area (Å²) in [6.45, 7) is 8.21. The van der Waals surface area contributed by atoms with Gasteiger partial charge in [0.2, 0.25) is 0 Å². The fourth-order valence-corrected chi connectivity index (χ4v) is 3.44. The first kappa shape index (κ1) is 15.2. The lowest BCUT2D eigenvalue weighted by Gasteiger charge is -2.39. The van der Waals surface area contributed by atoms with Gasteiger partial charge < -0.3 is 5.11 Å². The Balaban J connectivity index is 2.97. The monoisotopic (exact) mass is 254 g/mol. The van der Waals surface area contributed by atoms with Crippen LogP contribution in [0.4, 0.5) is 0 Å². The summed E-state index contributed by atoms with van der Waals surface area (Å²) in [5.74, 6) is -0.425. The summed E-state index contributed by atoms with van der Waals surface area (Å²) in [4.78, 5) is 23.4. The molecule has 0 bridgehead atoms. The molecule has 0 heterocycles. The summed E-state index contributed by atoms with van der Waals surface area (Å²) >= 11 is 0. The molecule has 0 spiro atoms. The number of carboxylic acids is 1. The highest BCUT2D eigenvalue weighted by Crippen LogP contribution is 2.42. The predicted molar refractivity (Wildman–Crippen MR) is 71.3 cm³/mol. The van der Waals surface area contributed by atoms with Crippen molar-refractivity contribution in [3.8, 4) is 0 Å². The van der Waals surface area contributed by atoms with Gasteiger partial charge >= 0.3 is 5.97 Å². The van der Waals surface area contributed by atoms with E-state index >= 15 is 0 Å². The van der Waals surface area contributed by atoms with Crippen molar-refractivity contribution >= 4 is 11.8 Å². The minimum Gasteiger partial charge on any atom is -0.481 e. The molecule has 0 aromatic heterocycles. The van der Waals surface area contributed by atoms with Gasteiger partial charge in [-0.2, -0.15) is 0 Å². The third-order valence-electron chi connectivity index (χ3n) is 4.46. The Kier molecular flexibility index (Phi) is 5.36. The highest BCUT2D eigenvalue weighted by molar-refractivity contribution is 5.98. The largest absolute Gasteiger partial charge is 0.481 e. The first-order valence-corrected chi connectivity index (χ1v) is 7.13. The molecule has 0 amide bonds. The minimum absolute atomic E-state index is 0.0266. The molecule has 18 heavy (non-hydrogen) atoms. The molecule has 0 aromatic carbocycles. The molecule has 1 aliphatic rings. The predicted octanol–water partition coefficient (Wildman–Crippen LogP) is 3.37. The lowest BCUT2D eigenvalue weighted by molar-refractivity contribution is -0.151. The second-order valence-electron chi connectivity index (χ2n) is 6.13. The summed E-state index contributed by atoms with van der Waals surface area (Å²) < 4.78 is 0. The van der Waals surface area contributed by atoms with Crippen molar-refractivity contribution in [3.05, 3.63) is 0 Å². The van der Waals surface area contributed by atoms with Gasteiger partial charge in [-0.05, 0) is 36.5 Å². The Hall–Kier alpha value is -0.860. The normalized spacial score (nSPS) is 30.2. The maximum atomic E-state index is 11.9. The first-order chi connectivity index (χ1) is 8.38. The molecule has 0 saturated heterocycles. The van der Waals surface area contributed by atoms with Crippen molar-refractivity contribution in [2.24, 2.45) is 29.6 Å².